The van der Waals surface area contributed by atoms with E-state index in [0.717, 1.165) is 38.5 Å². The first kappa shape index (κ1) is 10.2. The SMILES string of the molecule is C1CNCCN1.CCCCl. The van der Waals surface area contributed by atoms with Gasteiger partial charge in [-0.2, -0.15) is 0 Å². The first-order chi connectivity index (χ1) is 4.91. The Bertz CT molecular complexity index is 42.1. The van der Waals surface area contributed by atoms with Crippen LogP contribution in [0.3, 0.4) is 0 Å². The van der Waals surface area contributed by atoms with Crippen LogP contribution < -0.4 is 10.6 Å². The number of hydrogen-bond donors (Lipinski definition) is 2. The second-order valence-electron chi connectivity index (χ2n) is 2.19. The molecule has 1 saturated heterocycles. The lowest BCUT2D eigenvalue weighted by atomic mass is 10.4. The number of hydrogen-bond acceptors (Lipinski definition) is 2. The molecule has 0 aliphatic carbocycles. The summed E-state index contributed by atoms with van der Waals surface area (Å²) in [6.07, 6.45) is 1.08. The molecule has 1 aliphatic heterocycles. The van der Waals surface area contributed by atoms with Gasteiger partial charge in [-0.15, -0.1) is 11.6 Å². The molecule has 1 heterocycles. The topological polar surface area (TPSA) is 24.1 Å². The van der Waals surface area contributed by atoms with Gasteiger partial charge < -0.3 is 10.6 Å². The number of rotatable bonds is 1. The first-order valence-corrected chi connectivity index (χ1v) is 4.42. The molecule has 2 nitrogen and oxygen atoms in total. The minimum absolute atomic E-state index is 0.792. The highest BCUT2D eigenvalue weighted by Crippen LogP contribution is 1.75. The molecule has 0 spiro atoms. The van der Waals surface area contributed by atoms with Gasteiger partial charge in [0.05, 0.1) is 0 Å². The number of halogens is 1. The fourth-order valence-corrected chi connectivity index (χ4v) is 0.604. The van der Waals surface area contributed by atoms with Gasteiger partial charge in [0.1, 0.15) is 0 Å². The third-order valence-corrected chi connectivity index (χ3v) is 1.52. The lowest BCUT2D eigenvalue weighted by molar-refractivity contribution is 0.534. The van der Waals surface area contributed by atoms with Gasteiger partial charge in [0.2, 0.25) is 0 Å². The molecule has 0 unspecified atom stereocenters. The molecule has 0 atom stereocenters. The molecule has 10 heavy (non-hydrogen) atoms. The highest BCUT2D eigenvalue weighted by molar-refractivity contribution is 6.17. The minimum atomic E-state index is 0.792. The zero-order chi connectivity index (χ0) is 7.66. The van der Waals surface area contributed by atoms with Crippen molar-refractivity contribution in [2.45, 2.75) is 13.3 Å². The maximum atomic E-state index is 5.19. The van der Waals surface area contributed by atoms with Crippen molar-refractivity contribution in [2.75, 3.05) is 32.1 Å². The molecule has 0 aromatic rings. The van der Waals surface area contributed by atoms with Gasteiger partial charge in [-0.3, -0.25) is 0 Å². The maximum Gasteiger partial charge on any atom is 0.0220 e. The summed E-state index contributed by atoms with van der Waals surface area (Å²) in [6, 6.07) is 0. The van der Waals surface area contributed by atoms with E-state index in [1.54, 1.807) is 0 Å². The summed E-state index contributed by atoms with van der Waals surface area (Å²) in [5, 5.41) is 6.44. The molecule has 1 aliphatic rings. The number of alkyl halides is 1. The molecule has 0 aromatic carbocycles. The highest BCUT2D eigenvalue weighted by atomic mass is 35.5. The van der Waals surface area contributed by atoms with Crippen LogP contribution in [0.5, 0.6) is 0 Å². The summed E-state index contributed by atoms with van der Waals surface area (Å²) in [4.78, 5) is 0. The van der Waals surface area contributed by atoms with E-state index in [2.05, 4.69) is 10.6 Å². The number of piperazine rings is 1. The van der Waals surface area contributed by atoms with Crippen LogP contribution in [0, 0.1) is 0 Å². The van der Waals surface area contributed by atoms with Crippen molar-refractivity contribution in [1.29, 1.82) is 0 Å². The fraction of sp³-hybridized carbons (Fsp3) is 1.00. The van der Waals surface area contributed by atoms with Crippen LogP contribution in [-0.2, 0) is 0 Å². The molecule has 3 heteroatoms. The first-order valence-electron chi connectivity index (χ1n) is 3.89. The van der Waals surface area contributed by atoms with Crippen LogP contribution in [0.15, 0.2) is 0 Å². The molecule has 62 valence electrons. The molecule has 0 aromatic heterocycles. The molecule has 0 amide bonds. The Balaban J connectivity index is 0.000000180. The van der Waals surface area contributed by atoms with Gasteiger partial charge in [-0.25, -0.2) is 0 Å². The third-order valence-electron chi connectivity index (χ3n) is 1.15. The van der Waals surface area contributed by atoms with Crippen molar-refractivity contribution < 1.29 is 0 Å². The van der Waals surface area contributed by atoms with Gasteiger partial charge in [0.15, 0.2) is 0 Å². The summed E-state index contributed by atoms with van der Waals surface area (Å²) in [5.41, 5.74) is 0. The second kappa shape index (κ2) is 9.21. The van der Waals surface area contributed by atoms with Crippen LogP contribution in [0.25, 0.3) is 0 Å². The summed E-state index contributed by atoms with van der Waals surface area (Å²) in [7, 11) is 0. The molecule has 2 N–H and O–H groups in total. The van der Waals surface area contributed by atoms with E-state index in [1.165, 1.54) is 0 Å². The Hall–Kier alpha value is 0.210. The van der Waals surface area contributed by atoms with Crippen molar-refractivity contribution in [3.05, 3.63) is 0 Å². The van der Waals surface area contributed by atoms with Gasteiger partial charge >= 0.3 is 0 Å². The predicted molar refractivity (Wildman–Crippen MR) is 46.8 cm³/mol. The predicted octanol–water partition coefficient (Wildman–Crippen LogP) is 0.814. The van der Waals surface area contributed by atoms with Crippen molar-refractivity contribution in [3.63, 3.8) is 0 Å². The third kappa shape index (κ3) is 8.21. The molecule has 0 bridgehead atoms. The zero-order valence-corrected chi connectivity index (χ0v) is 7.38. The lowest BCUT2D eigenvalue weighted by Gasteiger charge is -2.11. The molecule has 1 rings (SSSR count). The summed E-state index contributed by atoms with van der Waals surface area (Å²) < 4.78 is 0. The minimum Gasteiger partial charge on any atom is -0.314 e. The van der Waals surface area contributed by atoms with E-state index in [4.69, 9.17) is 11.6 Å². The average molecular weight is 165 g/mol. The Labute approximate surface area is 68.3 Å². The van der Waals surface area contributed by atoms with Crippen molar-refractivity contribution >= 4 is 11.6 Å². The van der Waals surface area contributed by atoms with E-state index in [1.807, 2.05) is 6.92 Å². The molecule has 0 saturated carbocycles. The highest BCUT2D eigenvalue weighted by Gasteiger charge is 1.91. The standard InChI is InChI=1S/C4H10N2.C3H7Cl/c1-2-6-4-3-5-1;1-2-3-4/h5-6H,1-4H2;2-3H2,1H3. The van der Waals surface area contributed by atoms with Crippen molar-refractivity contribution in [3.8, 4) is 0 Å². The van der Waals surface area contributed by atoms with Gasteiger partial charge in [0, 0.05) is 32.1 Å². The largest absolute Gasteiger partial charge is 0.314 e. The molecular weight excluding hydrogens is 148 g/mol. The van der Waals surface area contributed by atoms with E-state index < -0.39 is 0 Å². The van der Waals surface area contributed by atoms with Crippen LogP contribution >= 0.6 is 11.6 Å². The average Bonchev–Trinajstić information content (AvgIpc) is 2.08. The van der Waals surface area contributed by atoms with Gasteiger partial charge in [-0.05, 0) is 6.42 Å². The van der Waals surface area contributed by atoms with Gasteiger partial charge in [0.25, 0.3) is 0 Å². The summed E-state index contributed by atoms with van der Waals surface area (Å²) in [5.74, 6) is 0.792. The van der Waals surface area contributed by atoms with Crippen LogP contribution in [0.1, 0.15) is 13.3 Å². The quantitative estimate of drug-likeness (QED) is 0.561. The smallest absolute Gasteiger partial charge is 0.0220 e. The van der Waals surface area contributed by atoms with E-state index in [0.29, 0.717) is 0 Å². The van der Waals surface area contributed by atoms with E-state index in [-0.39, 0.29) is 0 Å². The fourth-order valence-electron chi connectivity index (χ4n) is 0.604. The van der Waals surface area contributed by atoms with E-state index in [9.17, 15) is 0 Å². The molecule has 1 fully saturated rings. The van der Waals surface area contributed by atoms with Crippen LogP contribution in [-0.4, -0.2) is 32.1 Å². The normalized spacial score (nSPS) is 17.4. The monoisotopic (exact) mass is 164 g/mol. The zero-order valence-electron chi connectivity index (χ0n) is 6.62. The van der Waals surface area contributed by atoms with Crippen molar-refractivity contribution in [2.24, 2.45) is 0 Å². The Morgan fingerprint density at radius 3 is 1.50 bits per heavy atom. The molecular formula is C7H17ClN2. The number of nitrogens with one attached hydrogen (secondary N) is 2. The van der Waals surface area contributed by atoms with Crippen LogP contribution in [0.2, 0.25) is 0 Å². The second-order valence-corrected chi connectivity index (χ2v) is 2.57. The van der Waals surface area contributed by atoms with Gasteiger partial charge in [-0.1, -0.05) is 6.92 Å². The van der Waals surface area contributed by atoms with Crippen molar-refractivity contribution in [1.82, 2.24) is 10.6 Å². The Morgan fingerprint density at radius 1 is 1.10 bits per heavy atom. The van der Waals surface area contributed by atoms with Crippen LogP contribution in [0.4, 0.5) is 0 Å². The Kier molecular flexibility index (Phi) is 9.40. The maximum absolute atomic E-state index is 5.19. The molecule has 0 radical (unpaired) electrons. The summed E-state index contributed by atoms with van der Waals surface area (Å²) in [6.45, 7) is 6.60. The lowest BCUT2D eigenvalue weighted by Crippen LogP contribution is -2.39. The summed E-state index contributed by atoms with van der Waals surface area (Å²) >= 11 is 5.19. The Morgan fingerprint density at radius 2 is 1.40 bits per heavy atom. The van der Waals surface area contributed by atoms with E-state index >= 15 is 0 Å².